The van der Waals surface area contributed by atoms with Crippen molar-refractivity contribution in [3.8, 4) is 0 Å². The first-order valence-corrected chi connectivity index (χ1v) is 7.18. The van der Waals surface area contributed by atoms with E-state index in [-0.39, 0.29) is 18.6 Å². The molecule has 0 saturated carbocycles. The average molecular weight is 288 g/mol. The summed E-state index contributed by atoms with van der Waals surface area (Å²) in [5.41, 5.74) is -1.05. The molecule has 0 aliphatic rings. The average Bonchev–Trinajstić information content (AvgIpc) is 2.35. The second kappa shape index (κ2) is 9.72. The van der Waals surface area contributed by atoms with Gasteiger partial charge in [0.25, 0.3) is 0 Å². The first-order valence-electron chi connectivity index (χ1n) is 7.18. The van der Waals surface area contributed by atoms with Gasteiger partial charge in [0, 0.05) is 13.2 Å². The summed E-state index contributed by atoms with van der Waals surface area (Å²) in [6.07, 6.45) is 2.16. The summed E-state index contributed by atoms with van der Waals surface area (Å²) in [7, 11) is 0. The van der Waals surface area contributed by atoms with E-state index in [4.69, 9.17) is 9.84 Å². The SMILES string of the molecule is CCCC(C)(NCC(=O)NCCCOC(C)C)C(=O)O. The molecule has 0 aliphatic carbocycles. The number of amides is 1. The number of carbonyl (C=O) groups is 2. The van der Waals surface area contributed by atoms with E-state index in [1.165, 1.54) is 0 Å². The van der Waals surface area contributed by atoms with Crippen LogP contribution in [0.3, 0.4) is 0 Å². The summed E-state index contributed by atoms with van der Waals surface area (Å²) in [4.78, 5) is 22.8. The first kappa shape index (κ1) is 18.9. The summed E-state index contributed by atoms with van der Waals surface area (Å²) in [5.74, 6) is -1.13. The Labute approximate surface area is 121 Å². The van der Waals surface area contributed by atoms with Crippen molar-refractivity contribution in [2.24, 2.45) is 0 Å². The van der Waals surface area contributed by atoms with Crippen LogP contribution in [0.15, 0.2) is 0 Å². The molecule has 0 spiro atoms. The molecule has 0 rings (SSSR count). The van der Waals surface area contributed by atoms with Crippen LogP contribution >= 0.6 is 0 Å². The molecule has 0 bridgehead atoms. The fourth-order valence-electron chi connectivity index (χ4n) is 1.73. The summed E-state index contributed by atoms with van der Waals surface area (Å²) in [5, 5.41) is 14.7. The van der Waals surface area contributed by atoms with Crippen molar-refractivity contribution in [3.05, 3.63) is 0 Å². The largest absolute Gasteiger partial charge is 0.480 e. The van der Waals surface area contributed by atoms with Gasteiger partial charge in [-0.15, -0.1) is 0 Å². The lowest BCUT2D eigenvalue weighted by Gasteiger charge is -2.25. The van der Waals surface area contributed by atoms with Crippen LogP contribution in [0.25, 0.3) is 0 Å². The lowest BCUT2D eigenvalue weighted by atomic mass is 9.96. The predicted molar refractivity (Wildman–Crippen MR) is 77.7 cm³/mol. The minimum Gasteiger partial charge on any atom is -0.480 e. The Bertz CT molecular complexity index is 308. The molecule has 1 unspecified atom stereocenters. The zero-order chi connectivity index (χ0) is 15.6. The molecule has 0 aromatic rings. The second-order valence-electron chi connectivity index (χ2n) is 5.36. The smallest absolute Gasteiger partial charge is 0.323 e. The molecule has 1 amide bonds. The van der Waals surface area contributed by atoms with Gasteiger partial charge in [-0.3, -0.25) is 14.9 Å². The lowest BCUT2D eigenvalue weighted by molar-refractivity contribution is -0.144. The molecule has 0 fully saturated rings. The van der Waals surface area contributed by atoms with Gasteiger partial charge in [0.2, 0.25) is 5.91 Å². The van der Waals surface area contributed by atoms with Crippen LogP contribution in [-0.4, -0.2) is 48.3 Å². The van der Waals surface area contributed by atoms with Gasteiger partial charge in [-0.2, -0.15) is 0 Å². The molecule has 6 nitrogen and oxygen atoms in total. The first-order chi connectivity index (χ1) is 9.31. The van der Waals surface area contributed by atoms with Crippen molar-refractivity contribution in [3.63, 3.8) is 0 Å². The third kappa shape index (κ3) is 8.12. The van der Waals surface area contributed by atoms with Gasteiger partial charge in [0.15, 0.2) is 0 Å². The Hall–Kier alpha value is -1.14. The number of rotatable bonds is 11. The number of nitrogens with one attached hydrogen (secondary N) is 2. The number of ether oxygens (including phenoxy) is 1. The third-order valence-electron chi connectivity index (χ3n) is 2.96. The molecule has 0 radical (unpaired) electrons. The number of hydrogen-bond acceptors (Lipinski definition) is 4. The van der Waals surface area contributed by atoms with E-state index < -0.39 is 11.5 Å². The van der Waals surface area contributed by atoms with Crippen LogP contribution in [0.5, 0.6) is 0 Å². The fourth-order valence-corrected chi connectivity index (χ4v) is 1.73. The van der Waals surface area contributed by atoms with E-state index in [1.807, 2.05) is 20.8 Å². The molecule has 118 valence electrons. The number of aliphatic carboxylic acids is 1. The van der Waals surface area contributed by atoms with Gasteiger partial charge in [-0.25, -0.2) is 0 Å². The Morgan fingerprint density at radius 3 is 2.50 bits per heavy atom. The van der Waals surface area contributed by atoms with E-state index in [0.717, 1.165) is 12.8 Å². The van der Waals surface area contributed by atoms with Gasteiger partial charge in [0.1, 0.15) is 5.54 Å². The molecular weight excluding hydrogens is 260 g/mol. The maximum absolute atomic E-state index is 11.6. The molecule has 3 N–H and O–H groups in total. The molecule has 0 aromatic carbocycles. The second-order valence-corrected chi connectivity index (χ2v) is 5.36. The molecule has 6 heteroatoms. The van der Waals surface area contributed by atoms with E-state index in [1.54, 1.807) is 6.92 Å². The molecule has 0 saturated heterocycles. The molecule has 0 heterocycles. The van der Waals surface area contributed by atoms with E-state index in [2.05, 4.69) is 10.6 Å². The van der Waals surface area contributed by atoms with Gasteiger partial charge in [0.05, 0.1) is 12.6 Å². The highest BCUT2D eigenvalue weighted by atomic mass is 16.5. The summed E-state index contributed by atoms with van der Waals surface area (Å²) in [6, 6.07) is 0. The normalized spacial score (nSPS) is 14.1. The van der Waals surface area contributed by atoms with Gasteiger partial charge >= 0.3 is 5.97 Å². The molecule has 0 aliphatic heterocycles. The van der Waals surface area contributed by atoms with Crippen LogP contribution in [0.4, 0.5) is 0 Å². The Balaban J connectivity index is 3.88. The molecular formula is C14H28N2O4. The van der Waals surface area contributed by atoms with Crippen molar-refractivity contribution in [2.45, 2.75) is 58.6 Å². The monoisotopic (exact) mass is 288 g/mol. The van der Waals surface area contributed by atoms with E-state index in [0.29, 0.717) is 19.6 Å². The maximum Gasteiger partial charge on any atom is 0.323 e. The summed E-state index contributed by atoms with van der Waals surface area (Å²) in [6.45, 7) is 8.58. The highest BCUT2D eigenvalue weighted by molar-refractivity contribution is 5.81. The molecule has 20 heavy (non-hydrogen) atoms. The highest BCUT2D eigenvalue weighted by Gasteiger charge is 2.31. The number of carboxylic acids is 1. The van der Waals surface area contributed by atoms with E-state index in [9.17, 15) is 9.59 Å². The zero-order valence-electron chi connectivity index (χ0n) is 13.0. The minimum atomic E-state index is -1.05. The quantitative estimate of drug-likeness (QED) is 0.496. The number of carboxylic acid groups (broad SMARTS) is 1. The number of hydrogen-bond donors (Lipinski definition) is 3. The van der Waals surface area contributed by atoms with E-state index >= 15 is 0 Å². The third-order valence-corrected chi connectivity index (χ3v) is 2.96. The van der Waals surface area contributed by atoms with Crippen LogP contribution in [0, 0.1) is 0 Å². The standard InChI is InChI=1S/C14H28N2O4/c1-5-7-14(4,13(18)19)16-10-12(17)15-8-6-9-20-11(2)3/h11,16H,5-10H2,1-4H3,(H,15,17)(H,18,19). The van der Waals surface area contributed by atoms with Crippen molar-refractivity contribution in [1.29, 1.82) is 0 Å². The van der Waals surface area contributed by atoms with Crippen LogP contribution < -0.4 is 10.6 Å². The van der Waals surface area contributed by atoms with Crippen molar-refractivity contribution in [2.75, 3.05) is 19.7 Å². The van der Waals surface area contributed by atoms with Crippen LogP contribution in [0.1, 0.15) is 47.0 Å². The predicted octanol–water partition coefficient (Wildman–Crippen LogP) is 1.15. The van der Waals surface area contributed by atoms with Crippen molar-refractivity contribution >= 4 is 11.9 Å². The van der Waals surface area contributed by atoms with Gasteiger partial charge in [-0.05, 0) is 33.6 Å². The number of carbonyl (C=O) groups excluding carboxylic acids is 1. The lowest BCUT2D eigenvalue weighted by Crippen LogP contribution is -2.52. The van der Waals surface area contributed by atoms with Crippen LogP contribution in [-0.2, 0) is 14.3 Å². The zero-order valence-corrected chi connectivity index (χ0v) is 13.0. The minimum absolute atomic E-state index is 0.00778. The summed E-state index contributed by atoms with van der Waals surface area (Å²) < 4.78 is 5.36. The fraction of sp³-hybridized carbons (Fsp3) is 0.857. The van der Waals surface area contributed by atoms with Crippen molar-refractivity contribution in [1.82, 2.24) is 10.6 Å². The Morgan fingerprint density at radius 1 is 1.35 bits per heavy atom. The topological polar surface area (TPSA) is 87.7 Å². The molecule has 0 aromatic heterocycles. The van der Waals surface area contributed by atoms with Gasteiger partial charge < -0.3 is 15.2 Å². The molecule has 1 atom stereocenters. The van der Waals surface area contributed by atoms with Crippen LogP contribution in [0.2, 0.25) is 0 Å². The Kier molecular flexibility index (Phi) is 9.16. The summed E-state index contributed by atoms with van der Waals surface area (Å²) >= 11 is 0. The van der Waals surface area contributed by atoms with Crippen molar-refractivity contribution < 1.29 is 19.4 Å². The Morgan fingerprint density at radius 2 is 2.00 bits per heavy atom. The maximum atomic E-state index is 11.6. The highest BCUT2D eigenvalue weighted by Crippen LogP contribution is 2.11. The van der Waals surface area contributed by atoms with Gasteiger partial charge in [-0.1, -0.05) is 13.3 Å².